The number of nitrogens with zero attached hydrogens (tertiary/aromatic N) is 2. The predicted octanol–water partition coefficient (Wildman–Crippen LogP) is 3.19. The Morgan fingerprint density at radius 2 is 1.67 bits per heavy atom. The maximum atomic E-state index is 12.7. The highest BCUT2D eigenvalue weighted by Gasteiger charge is 2.51. The lowest BCUT2D eigenvalue weighted by molar-refractivity contribution is -0.141. The summed E-state index contributed by atoms with van der Waals surface area (Å²) < 4.78 is 51.2. The average Bonchev–Trinajstić information content (AvgIpc) is 3.02. The van der Waals surface area contributed by atoms with Gasteiger partial charge in [-0.15, -0.1) is 0 Å². The van der Waals surface area contributed by atoms with Crippen molar-refractivity contribution in [1.82, 2.24) is 9.78 Å². The molecule has 0 unspecified atom stereocenters. The largest absolute Gasteiger partial charge is 0.494 e. The minimum atomic E-state index is -4.46. The van der Waals surface area contributed by atoms with Gasteiger partial charge in [0.25, 0.3) is 0 Å². The minimum Gasteiger partial charge on any atom is -0.399 e. The Morgan fingerprint density at radius 1 is 1.04 bits per heavy atom. The smallest absolute Gasteiger partial charge is 0.399 e. The van der Waals surface area contributed by atoms with Crippen LogP contribution in [-0.4, -0.2) is 28.1 Å². The Morgan fingerprint density at radius 3 is 2.21 bits per heavy atom. The van der Waals surface area contributed by atoms with Crippen LogP contribution in [-0.2, 0) is 15.5 Å². The molecule has 2 aromatic rings. The van der Waals surface area contributed by atoms with Gasteiger partial charge in [-0.05, 0) is 51.4 Å². The average molecular weight is 338 g/mol. The molecule has 1 saturated heterocycles. The summed E-state index contributed by atoms with van der Waals surface area (Å²) in [6.45, 7) is 7.78. The van der Waals surface area contributed by atoms with Crippen LogP contribution in [0.15, 0.2) is 36.5 Å². The minimum absolute atomic E-state index is 0.483. The van der Waals surface area contributed by atoms with Crippen LogP contribution < -0.4 is 5.46 Å². The second kappa shape index (κ2) is 5.36. The van der Waals surface area contributed by atoms with Crippen LogP contribution in [0.4, 0.5) is 13.2 Å². The number of alkyl halides is 3. The van der Waals surface area contributed by atoms with Crippen molar-refractivity contribution in [3.63, 3.8) is 0 Å². The first-order chi connectivity index (χ1) is 11.0. The number of hydrogen-bond acceptors (Lipinski definition) is 3. The zero-order chi connectivity index (χ0) is 17.8. The van der Waals surface area contributed by atoms with E-state index < -0.39 is 30.2 Å². The fraction of sp³-hybridized carbons (Fsp3) is 0.438. The third-order valence-corrected chi connectivity index (χ3v) is 4.54. The predicted molar refractivity (Wildman–Crippen MR) is 84.3 cm³/mol. The molecule has 3 rings (SSSR count). The summed E-state index contributed by atoms with van der Waals surface area (Å²) >= 11 is 0. The van der Waals surface area contributed by atoms with Crippen LogP contribution in [0.1, 0.15) is 33.4 Å². The quantitative estimate of drug-likeness (QED) is 0.789. The Hall–Kier alpha value is -1.80. The monoisotopic (exact) mass is 338 g/mol. The van der Waals surface area contributed by atoms with Gasteiger partial charge >= 0.3 is 13.3 Å². The van der Waals surface area contributed by atoms with Crippen molar-refractivity contribution < 1.29 is 22.5 Å². The highest BCUT2D eigenvalue weighted by Crippen LogP contribution is 2.36. The number of rotatable bonds is 2. The van der Waals surface area contributed by atoms with Crippen LogP contribution in [0.5, 0.6) is 0 Å². The van der Waals surface area contributed by atoms with E-state index in [4.69, 9.17) is 9.31 Å². The van der Waals surface area contributed by atoms with Crippen molar-refractivity contribution in [2.45, 2.75) is 45.1 Å². The lowest BCUT2D eigenvalue weighted by atomic mass is 9.79. The van der Waals surface area contributed by atoms with Crippen LogP contribution in [0.25, 0.3) is 5.69 Å². The van der Waals surface area contributed by atoms with Crippen LogP contribution in [0.2, 0.25) is 0 Å². The molecule has 0 aliphatic carbocycles. The summed E-state index contributed by atoms with van der Waals surface area (Å²) in [6.07, 6.45) is -3.18. The van der Waals surface area contributed by atoms with Crippen molar-refractivity contribution in [3.8, 4) is 5.69 Å². The Balaban J connectivity index is 1.90. The lowest BCUT2D eigenvalue weighted by Gasteiger charge is -2.32. The van der Waals surface area contributed by atoms with Gasteiger partial charge in [-0.25, -0.2) is 4.68 Å². The molecule has 4 nitrogen and oxygen atoms in total. The third kappa shape index (κ3) is 2.96. The first kappa shape index (κ1) is 17.0. The number of aromatic nitrogens is 2. The zero-order valence-corrected chi connectivity index (χ0v) is 13.9. The Bertz CT molecular complexity index is 740. The third-order valence-electron chi connectivity index (χ3n) is 4.54. The summed E-state index contributed by atoms with van der Waals surface area (Å²) in [5.74, 6) is 0. The standard InChI is InChI=1S/C16H18BF3N2O2/c1-14(2)15(3,4)24-17(23-14)11-6-5-7-12(10-11)22-9-8-13(21-22)16(18,19)20/h5-10H,1-4H3. The van der Waals surface area contributed by atoms with Crippen LogP contribution in [0.3, 0.4) is 0 Å². The number of hydrogen-bond donors (Lipinski definition) is 0. The molecule has 1 aromatic carbocycles. The Kier molecular flexibility index (Phi) is 3.80. The second-order valence-electron chi connectivity index (χ2n) is 6.83. The summed E-state index contributed by atoms with van der Waals surface area (Å²) in [6, 6.07) is 7.91. The van der Waals surface area contributed by atoms with E-state index >= 15 is 0 Å². The molecule has 1 aliphatic rings. The fourth-order valence-corrected chi connectivity index (χ4v) is 2.41. The molecule has 0 bridgehead atoms. The van der Waals surface area contributed by atoms with E-state index in [1.165, 1.54) is 10.9 Å². The molecular formula is C16H18BF3N2O2. The maximum absolute atomic E-state index is 12.7. The molecular weight excluding hydrogens is 320 g/mol. The van der Waals surface area contributed by atoms with Gasteiger partial charge in [0.05, 0.1) is 16.9 Å². The van der Waals surface area contributed by atoms with Crippen molar-refractivity contribution in [2.24, 2.45) is 0 Å². The second-order valence-corrected chi connectivity index (χ2v) is 6.83. The molecule has 0 atom stereocenters. The van der Waals surface area contributed by atoms with E-state index in [1.807, 2.05) is 33.8 Å². The van der Waals surface area contributed by atoms with E-state index in [9.17, 15) is 13.2 Å². The van der Waals surface area contributed by atoms with Gasteiger partial charge in [-0.1, -0.05) is 12.1 Å². The summed E-state index contributed by atoms with van der Waals surface area (Å²) in [5, 5.41) is 3.59. The first-order valence-electron chi connectivity index (χ1n) is 7.58. The molecule has 1 aromatic heterocycles. The summed E-state index contributed by atoms with van der Waals surface area (Å²) in [5.41, 5.74) is -0.650. The summed E-state index contributed by atoms with van der Waals surface area (Å²) in [4.78, 5) is 0. The van der Waals surface area contributed by atoms with Gasteiger partial charge in [0, 0.05) is 6.20 Å². The fourth-order valence-electron chi connectivity index (χ4n) is 2.41. The van der Waals surface area contributed by atoms with Crippen LogP contribution in [0, 0.1) is 0 Å². The van der Waals surface area contributed by atoms with Crippen LogP contribution >= 0.6 is 0 Å². The lowest BCUT2D eigenvalue weighted by Crippen LogP contribution is -2.41. The molecule has 24 heavy (non-hydrogen) atoms. The topological polar surface area (TPSA) is 36.3 Å². The van der Waals surface area contributed by atoms with Gasteiger partial charge < -0.3 is 9.31 Å². The molecule has 2 heterocycles. The Labute approximate surface area is 138 Å². The van der Waals surface area contributed by atoms with Crippen molar-refractivity contribution in [3.05, 3.63) is 42.2 Å². The SMILES string of the molecule is CC1(C)OB(c2cccc(-n3ccc(C(F)(F)F)n3)c2)OC1(C)C. The highest BCUT2D eigenvalue weighted by atomic mass is 19.4. The molecule has 1 fully saturated rings. The van der Waals surface area contributed by atoms with E-state index in [-0.39, 0.29) is 0 Å². The molecule has 0 N–H and O–H groups in total. The summed E-state index contributed by atoms with van der Waals surface area (Å²) in [7, 11) is -0.576. The van der Waals surface area contributed by atoms with Gasteiger partial charge in [-0.2, -0.15) is 18.3 Å². The van der Waals surface area contributed by atoms with Gasteiger partial charge in [0.1, 0.15) is 0 Å². The zero-order valence-electron chi connectivity index (χ0n) is 13.9. The normalized spacial score (nSPS) is 19.7. The first-order valence-corrected chi connectivity index (χ1v) is 7.58. The molecule has 128 valence electrons. The molecule has 0 saturated carbocycles. The van der Waals surface area contributed by atoms with E-state index in [2.05, 4.69) is 5.10 Å². The molecule has 0 amide bonds. The maximum Gasteiger partial charge on any atom is 0.494 e. The number of halogens is 3. The number of benzene rings is 1. The van der Waals surface area contributed by atoms with Gasteiger partial charge in [-0.3, -0.25) is 0 Å². The van der Waals surface area contributed by atoms with E-state index in [0.29, 0.717) is 5.69 Å². The van der Waals surface area contributed by atoms with Crippen molar-refractivity contribution in [2.75, 3.05) is 0 Å². The molecule has 1 aliphatic heterocycles. The van der Waals surface area contributed by atoms with Gasteiger partial charge in [0.15, 0.2) is 5.69 Å². The van der Waals surface area contributed by atoms with E-state index in [0.717, 1.165) is 11.5 Å². The molecule has 8 heteroatoms. The van der Waals surface area contributed by atoms with E-state index in [1.54, 1.807) is 18.2 Å². The molecule has 0 radical (unpaired) electrons. The van der Waals surface area contributed by atoms with Gasteiger partial charge in [0.2, 0.25) is 0 Å². The van der Waals surface area contributed by atoms with Crippen molar-refractivity contribution in [1.29, 1.82) is 0 Å². The highest BCUT2D eigenvalue weighted by molar-refractivity contribution is 6.62. The molecule has 0 spiro atoms. The van der Waals surface area contributed by atoms with Crippen molar-refractivity contribution >= 4 is 12.6 Å².